The van der Waals surface area contributed by atoms with Crippen LogP contribution in [0, 0.1) is 0 Å². The van der Waals surface area contributed by atoms with Gasteiger partial charge in [-0.3, -0.25) is 5.73 Å². The van der Waals surface area contributed by atoms with Crippen LogP contribution >= 0.6 is 0 Å². The van der Waals surface area contributed by atoms with Gasteiger partial charge in [-0.25, -0.2) is 0 Å². The Kier molecular flexibility index (Phi) is 3.14. The molecule has 0 aliphatic heterocycles. The van der Waals surface area contributed by atoms with Gasteiger partial charge in [0.15, 0.2) is 0 Å². The SMILES string of the molecule is CCC([NH])CC. The average Bonchev–Trinajstić information content (AvgIpc) is 1.65. The molecule has 1 N–H and O–H groups in total. The van der Waals surface area contributed by atoms with Gasteiger partial charge in [-0.15, -0.1) is 0 Å². The van der Waals surface area contributed by atoms with E-state index in [1.165, 1.54) is 0 Å². The maximum Gasteiger partial charge on any atom is 0.0207 e. The highest BCUT2D eigenvalue weighted by Crippen LogP contribution is 1.90. The topological polar surface area (TPSA) is 23.8 Å². The largest absolute Gasteiger partial charge is 0.255 e. The molecule has 0 saturated heterocycles. The molecule has 0 fully saturated rings. The maximum atomic E-state index is 7.07. The summed E-state index contributed by atoms with van der Waals surface area (Å²) in [6, 6.07) is 0.185. The fraction of sp³-hybridized carbons (Fsp3) is 1.00. The molecule has 6 heavy (non-hydrogen) atoms. The van der Waals surface area contributed by atoms with Crippen LogP contribution in [0.1, 0.15) is 26.7 Å². The van der Waals surface area contributed by atoms with E-state index in [0.717, 1.165) is 12.8 Å². The van der Waals surface area contributed by atoms with Crippen LogP contribution in [0.5, 0.6) is 0 Å². The van der Waals surface area contributed by atoms with Crippen LogP contribution in [0.3, 0.4) is 0 Å². The predicted molar refractivity (Wildman–Crippen MR) is 27.5 cm³/mol. The Balaban J connectivity index is 2.75. The van der Waals surface area contributed by atoms with Crippen LogP contribution in [0.15, 0.2) is 0 Å². The van der Waals surface area contributed by atoms with Gasteiger partial charge in [0, 0.05) is 6.04 Å². The smallest absolute Gasteiger partial charge is 0.0207 e. The van der Waals surface area contributed by atoms with Gasteiger partial charge in [-0.1, -0.05) is 13.8 Å². The Bertz CT molecular complexity index is 23.1. The lowest BCUT2D eigenvalue weighted by Gasteiger charge is -1.97. The highest BCUT2D eigenvalue weighted by molar-refractivity contribution is 4.50. The lowest BCUT2D eigenvalue weighted by Crippen LogP contribution is -2.02. The molecule has 0 saturated carbocycles. The molecule has 37 valence electrons. The molecule has 0 atom stereocenters. The third-order valence-corrected chi connectivity index (χ3v) is 0.986. The van der Waals surface area contributed by atoms with Crippen LogP contribution in [-0.4, -0.2) is 6.04 Å². The Morgan fingerprint density at radius 2 is 1.67 bits per heavy atom. The zero-order valence-corrected chi connectivity index (χ0v) is 4.49. The van der Waals surface area contributed by atoms with Crippen molar-refractivity contribution in [2.75, 3.05) is 0 Å². The Morgan fingerprint density at radius 3 is 1.67 bits per heavy atom. The molecule has 0 aromatic carbocycles. The molecule has 0 amide bonds. The number of hydrogen-bond acceptors (Lipinski definition) is 0. The van der Waals surface area contributed by atoms with Crippen molar-refractivity contribution in [3.8, 4) is 0 Å². The van der Waals surface area contributed by atoms with Gasteiger partial charge in [-0.05, 0) is 12.8 Å². The van der Waals surface area contributed by atoms with Gasteiger partial charge in [0.25, 0.3) is 0 Å². The van der Waals surface area contributed by atoms with E-state index in [-0.39, 0.29) is 6.04 Å². The van der Waals surface area contributed by atoms with Crippen molar-refractivity contribution < 1.29 is 0 Å². The lowest BCUT2D eigenvalue weighted by molar-refractivity contribution is 0.611. The summed E-state index contributed by atoms with van der Waals surface area (Å²) in [6.07, 6.45) is 1.99. The minimum atomic E-state index is 0.185. The minimum Gasteiger partial charge on any atom is -0.255 e. The highest BCUT2D eigenvalue weighted by atomic mass is 14.6. The van der Waals surface area contributed by atoms with Gasteiger partial charge >= 0.3 is 0 Å². The van der Waals surface area contributed by atoms with Gasteiger partial charge in [0.05, 0.1) is 0 Å². The van der Waals surface area contributed by atoms with E-state index in [1.807, 2.05) is 13.8 Å². The standard InChI is InChI=1S/C5H12N/c1-3-5(6)4-2/h5-6H,3-4H2,1-2H3. The van der Waals surface area contributed by atoms with Crippen molar-refractivity contribution in [1.29, 1.82) is 0 Å². The lowest BCUT2D eigenvalue weighted by atomic mass is 10.2. The average molecular weight is 86.2 g/mol. The molecule has 0 unspecified atom stereocenters. The first-order valence-electron chi connectivity index (χ1n) is 2.52. The Hall–Kier alpha value is -0.0400. The monoisotopic (exact) mass is 86.1 g/mol. The molecule has 1 heteroatoms. The maximum absolute atomic E-state index is 7.07. The fourth-order valence-electron chi connectivity index (χ4n) is 0.289. The molecule has 0 aliphatic carbocycles. The normalized spacial score (nSPS) is 10.0. The number of hydrogen-bond donors (Lipinski definition) is 0. The summed E-state index contributed by atoms with van der Waals surface area (Å²) < 4.78 is 0. The molecule has 0 spiro atoms. The minimum absolute atomic E-state index is 0.185. The zero-order chi connectivity index (χ0) is 4.99. The molecule has 0 heterocycles. The van der Waals surface area contributed by atoms with E-state index in [1.54, 1.807) is 0 Å². The first-order valence-corrected chi connectivity index (χ1v) is 2.52. The van der Waals surface area contributed by atoms with Gasteiger partial charge in [0.2, 0.25) is 0 Å². The first kappa shape index (κ1) is 5.96. The van der Waals surface area contributed by atoms with E-state index < -0.39 is 0 Å². The van der Waals surface area contributed by atoms with Crippen molar-refractivity contribution in [3.63, 3.8) is 0 Å². The van der Waals surface area contributed by atoms with E-state index in [2.05, 4.69) is 0 Å². The summed E-state index contributed by atoms with van der Waals surface area (Å²) >= 11 is 0. The van der Waals surface area contributed by atoms with Crippen LogP contribution in [-0.2, 0) is 0 Å². The quantitative estimate of drug-likeness (QED) is 0.486. The van der Waals surface area contributed by atoms with Gasteiger partial charge in [-0.2, -0.15) is 0 Å². The number of nitrogens with one attached hydrogen (secondary N) is 1. The van der Waals surface area contributed by atoms with Crippen LogP contribution in [0.2, 0.25) is 0 Å². The summed E-state index contributed by atoms with van der Waals surface area (Å²) in [5.74, 6) is 0. The first-order chi connectivity index (χ1) is 2.81. The Morgan fingerprint density at radius 1 is 1.33 bits per heavy atom. The molecule has 0 aromatic rings. The van der Waals surface area contributed by atoms with Crippen LogP contribution in [0.25, 0.3) is 0 Å². The van der Waals surface area contributed by atoms with Gasteiger partial charge in [0.1, 0.15) is 0 Å². The molecule has 1 radical (unpaired) electrons. The fourth-order valence-corrected chi connectivity index (χ4v) is 0.289. The molecule has 1 nitrogen and oxygen atoms in total. The zero-order valence-electron chi connectivity index (χ0n) is 4.49. The second-order valence-corrected chi connectivity index (χ2v) is 1.51. The molecular weight excluding hydrogens is 74.1 g/mol. The number of rotatable bonds is 2. The Labute approximate surface area is 39.5 Å². The second kappa shape index (κ2) is 3.16. The van der Waals surface area contributed by atoms with E-state index in [4.69, 9.17) is 5.73 Å². The molecular formula is C5H12N. The summed E-state index contributed by atoms with van der Waals surface area (Å²) in [5.41, 5.74) is 7.07. The van der Waals surface area contributed by atoms with Crippen LogP contribution in [0.4, 0.5) is 0 Å². The molecule has 0 rings (SSSR count). The summed E-state index contributed by atoms with van der Waals surface area (Å²) in [7, 11) is 0. The molecule has 0 aliphatic rings. The van der Waals surface area contributed by atoms with Crippen molar-refractivity contribution in [2.24, 2.45) is 0 Å². The highest BCUT2D eigenvalue weighted by Gasteiger charge is 1.90. The van der Waals surface area contributed by atoms with E-state index >= 15 is 0 Å². The third kappa shape index (κ3) is 2.21. The second-order valence-electron chi connectivity index (χ2n) is 1.51. The van der Waals surface area contributed by atoms with E-state index in [9.17, 15) is 0 Å². The summed E-state index contributed by atoms with van der Waals surface area (Å²) in [5, 5.41) is 0. The molecule has 0 aromatic heterocycles. The molecule has 0 bridgehead atoms. The summed E-state index contributed by atoms with van der Waals surface area (Å²) in [4.78, 5) is 0. The van der Waals surface area contributed by atoms with Crippen molar-refractivity contribution in [2.45, 2.75) is 32.7 Å². The van der Waals surface area contributed by atoms with Crippen molar-refractivity contribution in [1.82, 2.24) is 5.73 Å². The van der Waals surface area contributed by atoms with Crippen molar-refractivity contribution in [3.05, 3.63) is 0 Å². The summed E-state index contributed by atoms with van der Waals surface area (Å²) in [6.45, 7) is 4.09. The van der Waals surface area contributed by atoms with Gasteiger partial charge < -0.3 is 0 Å². The predicted octanol–water partition coefficient (Wildman–Crippen LogP) is 1.46. The van der Waals surface area contributed by atoms with Crippen molar-refractivity contribution >= 4 is 0 Å². The third-order valence-electron chi connectivity index (χ3n) is 0.986. The van der Waals surface area contributed by atoms with Crippen LogP contribution < -0.4 is 5.73 Å². The van der Waals surface area contributed by atoms with E-state index in [0.29, 0.717) is 0 Å².